The number of hydrogen-bond donors (Lipinski definition) is 2. The highest BCUT2D eigenvalue weighted by atomic mass is 16.6. The maximum Gasteiger partial charge on any atom is 0.276 e. The Morgan fingerprint density at radius 1 is 1.28 bits per heavy atom. The van der Waals surface area contributed by atoms with Gasteiger partial charge in [0.05, 0.1) is 17.1 Å². The summed E-state index contributed by atoms with van der Waals surface area (Å²) in [7, 11) is 0. The van der Waals surface area contributed by atoms with Gasteiger partial charge in [-0.15, -0.1) is 0 Å². The summed E-state index contributed by atoms with van der Waals surface area (Å²) in [6.07, 6.45) is 7.10. The Bertz CT molecular complexity index is 428. The van der Waals surface area contributed by atoms with Crippen molar-refractivity contribution in [2.45, 2.75) is 44.6 Å². The van der Waals surface area contributed by atoms with Gasteiger partial charge in [0, 0.05) is 6.04 Å². The summed E-state index contributed by atoms with van der Waals surface area (Å²) in [5.74, 6) is 0.689. The molecule has 0 atom stereocenters. The predicted molar refractivity (Wildman–Crippen MR) is 70.4 cm³/mol. The van der Waals surface area contributed by atoms with Crippen LogP contribution in [-0.4, -0.2) is 15.9 Å². The molecule has 3 N–H and O–H groups in total. The molecule has 0 aromatic carbocycles. The lowest BCUT2D eigenvalue weighted by Gasteiger charge is -2.16. The fourth-order valence-electron chi connectivity index (χ4n) is 2.35. The van der Waals surface area contributed by atoms with E-state index in [0.29, 0.717) is 11.9 Å². The molecular formula is C12H18N4O2. The van der Waals surface area contributed by atoms with E-state index in [2.05, 4.69) is 10.3 Å². The number of aromatic nitrogens is 1. The molecule has 0 bridgehead atoms. The lowest BCUT2D eigenvalue weighted by Crippen LogP contribution is -2.19. The molecule has 6 nitrogen and oxygen atoms in total. The van der Waals surface area contributed by atoms with Crippen LogP contribution in [0.15, 0.2) is 12.1 Å². The summed E-state index contributed by atoms with van der Waals surface area (Å²) in [6.45, 7) is 0. The first-order chi connectivity index (χ1) is 8.65. The molecule has 0 radical (unpaired) electrons. The normalized spacial score (nSPS) is 17.1. The van der Waals surface area contributed by atoms with E-state index in [9.17, 15) is 10.1 Å². The molecule has 0 unspecified atom stereocenters. The summed E-state index contributed by atoms with van der Waals surface area (Å²) in [4.78, 5) is 14.4. The fraction of sp³-hybridized carbons (Fsp3) is 0.583. The van der Waals surface area contributed by atoms with Gasteiger partial charge in [-0.25, -0.2) is 4.98 Å². The second-order valence-corrected chi connectivity index (χ2v) is 4.73. The average molecular weight is 250 g/mol. The van der Waals surface area contributed by atoms with Crippen LogP contribution >= 0.6 is 0 Å². The third kappa shape index (κ3) is 3.32. The first-order valence-electron chi connectivity index (χ1n) is 6.33. The minimum absolute atomic E-state index is 0.0152. The molecule has 1 aliphatic rings. The Morgan fingerprint density at radius 2 is 1.94 bits per heavy atom. The van der Waals surface area contributed by atoms with Gasteiger partial charge in [-0.1, -0.05) is 25.7 Å². The summed E-state index contributed by atoms with van der Waals surface area (Å²) < 4.78 is 0. The Balaban J connectivity index is 2.10. The Morgan fingerprint density at radius 3 is 2.56 bits per heavy atom. The van der Waals surface area contributed by atoms with E-state index in [1.54, 1.807) is 0 Å². The van der Waals surface area contributed by atoms with Gasteiger partial charge < -0.3 is 11.1 Å². The number of nitrogens with two attached hydrogens (primary N) is 1. The van der Waals surface area contributed by atoms with Crippen molar-refractivity contribution in [3.8, 4) is 0 Å². The minimum atomic E-state index is -0.448. The zero-order chi connectivity index (χ0) is 13.0. The van der Waals surface area contributed by atoms with Gasteiger partial charge in [0.1, 0.15) is 11.6 Å². The van der Waals surface area contributed by atoms with Gasteiger partial charge >= 0.3 is 0 Å². The minimum Gasteiger partial charge on any atom is -0.383 e. The topological polar surface area (TPSA) is 94.1 Å². The molecule has 0 spiro atoms. The summed E-state index contributed by atoms with van der Waals surface area (Å²) in [6, 6.07) is 3.07. The van der Waals surface area contributed by atoms with Crippen LogP contribution < -0.4 is 11.1 Å². The van der Waals surface area contributed by atoms with Crippen molar-refractivity contribution in [3.05, 3.63) is 22.2 Å². The van der Waals surface area contributed by atoms with Crippen LogP contribution in [-0.2, 0) is 0 Å². The fourth-order valence-corrected chi connectivity index (χ4v) is 2.35. The molecule has 1 aliphatic carbocycles. The largest absolute Gasteiger partial charge is 0.383 e. The molecule has 1 heterocycles. The quantitative estimate of drug-likeness (QED) is 0.488. The van der Waals surface area contributed by atoms with Crippen molar-refractivity contribution < 1.29 is 4.92 Å². The van der Waals surface area contributed by atoms with Gasteiger partial charge in [-0.3, -0.25) is 10.1 Å². The highest BCUT2D eigenvalue weighted by molar-refractivity contribution is 5.53. The SMILES string of the molecule is Nc1cc([N+](=O)[O-])cc(NC2CCCCCC2)n1. The van der Waals surface area contributed by atoms with Crippen LogP contribution in [0.1, 0.15) is 38.5 Å². The zero-order valence-corrected chi connectivity index (χ0v) is 10.3. The molecule has 0 saturated heterocycles. The molecule has 1 saturated carbocycles. The van der Waals surface area contributed by atoms with Crippen molar-refractivity contribution in [1.29, 1.82) is 0 Å². The van der Waals surface area contributed by atoms with Crippen LogP contribution in [0.2, 0.25) is 0 Å². The highest BCUT2D eigenvalue weighted by Gasteiger charge is 2.15. The Kier molecular flexibility index (Phi) is 3.96. The van der Waals surface area contributed by atoms with Gasteiger partial charge in [0.2, 0.25) is 0 Å². The smallest absolute Gasteiger partial charge is 0.276 e. The van der Waals surface area contributed by atoms with Gasteiger partial charge in [0.15, 0.2) is 0 Å². The number of hydrogen-bond acceptors (Lipinski definition) is 5. The van der Waals surface area contributed by atoms with E-state index >= 15 is 0 Å². The number of nitro groups is 1. The number of pyridine rings is 1. The van der Waals surface area contributed by atoms with Crippen molar-refractivity contribution >= 4 is 17.3 Å². The van der Waals surface area contributed by atoms with Crippen molar-refractivity contribution in [2.24, 2.45) is 0 Å². The van der Waals surface area contributed by atoms with Gasteiger partial charge in [0.25, 0.3) is 5.69 Å². The van der Waals surface area contributed by atoms with E-state index in [4.69, 9.17) is 5.73 Å². The van der Waals surface area contributed by atoms with E-state index in [1.165, 1.54) is 37.8 Å². The number of nitrogen functional groups attached to an aromatic ring is 1. The lowest BCUT2D eigenvalue weighted by atomic mass is 10.1. The molecular weight excluding hydrogens is 232 g/mol. The predicted octanol–water partition coefficient (Wildman–Crippen LogP) is 2.71. The highest BCUT2D eigenvalue weighted by Crippen LogP contribution is 2.23. The van der Waals surface area contributed by atoms with Crippen LogP contribution in [0.5, 0.6) is 0 Å². The number of anilines is 2. The van der Waals surface area contributed by atoms with Gasteiger partial charge in [-0.05, 0) is 12.8 Å². The molecule has 18 heavy (non-hydrogen) atoms. The molecule has 6 heteroatoms. The average Bonchev–Trinajstić information content (AvgIpc) is 2.57. The van der Waals surface area contributed by atoms with Crippen LogP contribution in [0.25, 0.3) is 0 Å². The van der Waals surface area contributed by atoms with E-state index in [-0.39, 0.29) is 11.5 Å². The number of rotatable bonds is 3. The van der Waals surface area contributed by atoms with Gasteiger partial charge in [-0.2, -0.15) is 0 Å². The van der Waals surface area contributed by atoms with Crippen molar-refractivity contribution in [2.75, 3.05) is 11.1 Å². The monoisotopic (exact) mass is 250 g/mol. The van der Waals surface area contributed by atoms with E-state index in [1.807, 2.05) is 0 Å². The third-order valence-corrected chi connectivity index (χ3v) is 3.25. The molecule has 1 fully saturated rings. The first-order valence-corrected chi connectivity index (χ1v) is 6.33. The third-order valence-electron chi connectivity index (χ3n) is 3.25. The zero-order valence-electron chi connectivity index (χ0n) is 10.3. The van der Waals surface area contributed by atoms with Crippen LogP contribution in [0.4, 0.5) is 17.3 Å². The second kappa shape index (κ2) is 5.66. The maximum atomic E-state index is 10.7. The Hall–Kier alpha value is -1.85. The molecule has 2 rings (SSSR count). The molecule has 0 amide bonds. The van der Waals surface area contributed by atoms with E-state index < -0.39 is 4.92 Å². The molecule has 1 aromatic rings. The van der Waals surface area contributed by atoms with Crippen LogP contribution in [0, 0.1) is 10.1 Å². The first kappa shape index (κ1) is 12.6. The standard InChI is InChI=1S/C12H18N4O2/c13-11-7-10(16(17)18)8-12(15-11)14-9-5-3-1-2-4-6-9/h7-9H,1-6H2,(H3,13,14,15). The molecule has 98 valence electrons. The lowest BCUT2D eigenvalue weighted by molar-refractivity contribution is -0.384. The maximum absolute atomic E-state index is 10.7. The number of nitrogens with zero attached hydrogens (tertiary/aromatic N) is 2. The Labute approximate surface area is 106 Å². The summed E-state index contributed by atoms with van der Waals surface area (Å²) in [5.41, 5.74) is 5.56. The summed E-state index contributed by atoms with van der Waals surface area (Å²) in [5, 5.41) is 14.0. The van der Waals surface area contributed by atoms with Crippen molar-refractivity contribution in [3.63, 3.8) is 0 Å². The molecule has 1 aromatic heterocycles. The summed E-state index contributed by atoms with van der Waals surface area (Å²) >= 11 is 0. The second-order valence-electron chi connectivity index (χ2n) is 4.73. The van der Waals surface area contributed by atoms with Crippen LogP contribution in [0.3, 0.4) is 0 Å². The van der Waals surface area contributed by atoms with E-state index in [0.717, 1.165) is 12.8 Å². The molecule has 0 aliphatic heterocycles. The number of nitrogens with one attached hydrogen (secondary N) is 1. The van der Waals surface area contributed by atoms with Crippen molar-refractivity contribution in [1.82, 2.24) is 4.98 Å².